The summed E-state index contributed by atoms with van der Waals surface area (Å²) in [5.41, 5.74) is 1.01. The number of benzene rings is 1. The highest BCUT2D eigenvalue weighted by molar-refractivity contribution is 5.79. The Morgan fingerprint density at radius 1 is 1.40 bits per heavy atom. The molecule has 1 atom stereocenters. The zero-order valence-corrected chi connectivity index (χ0v) is 14.6. The molecule has 0 aliphatic carbocycles. The number of hydrogen-bond donors (Lipinski definition) is 2. The van der Waals surface area contributed by atoms with Gasteiger partial charge in [-0.1, -0.05) is 12.1 Å². The van der Waals surface area contributed by atoms with Crippen molar-refractivity contribution in [2.75, 3.05) is 40.0 Å². The Morgan fingerprint density at radius 3 is 2.84 bits per heavy atom. The van der Waals surface area contributed by atoms with Gasteiger partial charge < -0.3 is 20.1 Å². The van der Waals surface area contributed by atoms with E-state index >= 15 is 0 Å². The number of nitrogens with one attached hydrogen (secondary N) is 2. The quantitative estimate of drug-likeness (QED) is 0.231. The third-order valence-electron chi connectivity index (χ3n) is 3.97. The molecular formula is C17H26N4O4. The first-order chi connectivity index (χ1) is 12.2. The molecule has 138 valence electrons. The average Bonchev–Trinajstić information content (AvgIpc) is 3.14. The number of nitro groups is 1. The molecule has 0 amide bonds. The molecular weight excluding hydrogens is 324 g/mol. The van der Waals surface area contributed by atoms with Crippen molar-refractivity contribution in [1.82, 2.24) is 10.6 Å². The van der Waals surface area contributed by atoms with Gasteiger partial charge in [0.25, 0.3) is 5.69 Å². The number of ether oxygens (including phenoxy) is 2. The molecule has 8 heteroatoms. The van der Waals surface area contributed by atoms with E-state index in [1.54, 1.807) is 19.2 Å². The lowest BCUT2D eigenvalue weighted by atomic mass is 10.1. The lowest BCUT2D eigenvalue weighted by Crippen LogP contribution is -2.40. The molecule has 1 unspecified atom stereocenters. The van der Waals surface area contributed by atoms with Crippen molar-refractivity contribution in [1.29, 1.82) is 0 Å². The molecule has 0 aromatic heterocycles. The molecule has 8 nitrogen and oxygen atoms in total. The van der Waals surface area contributed by atoms with Crippen LogP contribution >= 0.6 is 0 Å². The predicted octanol–water partition coefficient (Wildman–Crippen LogP) is 1.70. The summed E-state index contributed by atoms with van der Waals surface area (Å²) in [7, 11) is 1.68. The third kappa shape index (κ3) is 7.06. The van der Waals surface area contributed by atoms with Crippen LogP contribution in [0.1, 0.15) is 18.4 Å². The second kappa shape index (κ2) is 10.6. The van der Waals surface area contributed by atoms with Crippen LogP contribution in [-0.4, -0.2) is 50.9 Å². The number of aliphatic imine (C=N–C) groups is 1. The molecule has 0 bridgehead atoms. The summed E-state index contributed by atoms with van der Waals surface area (Å²) in [4.78, 5) is 14.9. The summed E-state index contributed by atoms with van der Waals surface area (Å²) >= 11 is 0. The summed E-state index contributed by atoms with van der Waals surface area (Å²) in [5.74, 6) is 1.24. The van der Waals surface area contributed by atoms with Gasteiger partial charge in [0, 0.05) is 51.5 Å². The maximum absolute atomic E-state index is 10.7. The van der Waals surface area contributed by atoms with Crippen molar-refractivity contribution in [3.63, 3.8) is 0 Å². The first-order valence-corrected chi connectivity index (χ1v) is 8.51. The fourth-order valence-electron chi connectivity index (χ4n) is 2.48. The van der Waals surface area contributed by atoms with Gasteiger partial charge in [-0.25, -0.2) is 4.99 Å². The number of nitrogens with zero attached hydrogens (tertiary/aromatic N) is 2. The summed E-state index contributed by atoms with van der Waals surface area (Å²) in [5, 5.41) is 17.3. The molecule has 0 saturated carbocycles. The Kier molecular flexibility index (Phi) is 8.14. The lowest BCUT2D eigenvalue weighted by molar-refractivity contribution is -0.384. The first-order valence-electron chi connectivity index (χ1n) is 8.51. The van der Waals surface area contributed by atoms with Gasteiger partial charge >= 0.3 is 0 Å². The van der Waals surface area contributed by atoms with Crippen molar-refractivity contribution in [3.05, 3.63) is 39.9 Å². The molecule has 1 heterocycles. The first kappa shape index (κ1) is 19.1. The van der Waals surface area contributed by atoms with Crippen LogP contribution < -0.4 is 10.6 Å². The van der Waals surface area contributed by atoms with Gasteiger partial charge in [-0.3, -0.25) is 10.1 Å². The minimum Gasteiger partial charge on any atom is -0.385 e. The van der Waals surface area contributed by atoms with Crippen molar-refractivity contribution >= 4 is 11.6 Å². The second-order valence-electron chi connectivity index (χ2n) is 5.97. The molecule has 25 heavy (non-hydrogen) atoms. The van der Waals surface area contributed by atoms with Crippen LogP contribution in [0.25, 0.3) is 0 Å². The highest BCUT2D eigenvalue weighted by Crippen LogP contribution is 2.13. The van der Waals surface area contributed by atoms with E-state index in [0.29, 0.717) is 19.1 Å². The fraction of sp³-hybridized carbons (Fsp3) is 0.588. The molecule has 1 aromatic carbocycles. The molecule has 1 fully saturated rings. The van der Waals surface area contributed by atoms with Crippen molar-refractivity contribution in [2.45, 2.75) is 19.4 Å². The van der Waals surface area contributed by atoms with Crippen molar-refractivity contribution in [3.8, 4) is 0 Å². The maximum Gasteiger partial charge on any atom is 0.269 e. The highest BCUT2D eigenvalue weighted by Gasteiger charge is 2.15. The number of nitro benzene ring substituents is 1. The molecule has 2 N–H and O–H groups in total. The summed E-state index contributed by atoms with van der Waals surface area (Å²) < 4.78 is 10.4. The normalized spacial score (nSPS) is 17.5. The highest BCUT2D eigenvalue weighted by atomic mass is 16.6. The standard InChI is InChI=1S/C17H26N4O4/c1-24-9-2-8-18-17(20-12-15-7-10-25-13-15)19-11-14-3-5-16(6-4-14)21(22)23/h3-6,15H,2,7-13H2,1H3,(H2,18,19,20). The number of guanidine groups is 1. The van der Waals surface area contributed by atoms with E-state index in [-0.39, 0.29) is 5.69 Å². The van der Waals surface area contributed by atoms with Gasteiger partial charge in [0.15, 0.2) is 5.96 Å². The van der Waals surface area contributed by atoms with Gasteiger partial charge in [0.1, 0.15) is 0 Å². The largest absolute Gasteiger partial charge is 0.385 e. The Balaban J connectivity index is 1.88. The van der Waals surface area contributed by atoms with Gasteiger partial charge in [-0.05, 0) is 18.4 Å². The van der Waals surface area contributed by atoms with Gasteiger partial charge in [-0.15, -0.1) is 0 Å². The maximum atomic E-state index is 10.7. The molecule has 0 spiro atoms. The average molecular weight is 350 g/mol. The van der Waals surface area contributed by atoms with Crippen LogP contribution in [0.3, 0.4) is 0 Å². The molecule has 1 aromatic rings. The van der Waals surface area contributed by atoms with E-state index in [4.69, 9.17) is 9.47 Å². The van der Waals surface area contributed by atoms with Crippen LogP contribution in [0, 0.1) is 16.0 Å². The SMILES string of the molecule is COCCCNC(=NCc1ccc([N+](=O)[O-])cc1)NCC1CCOC1. The van der Waals surface area contributed by atoms with E-state index in [9.17, 15) is 10.1 Å². The predicted molar refractivity (Wildman–Crippen MR) is 95.7 cm³/mol. The van der Waals surface area contributed by atoms with E-state index in [1.807, 2.05) is 0 Å². The van der Waals surface area contributed by atoms with E-state index in [0.717, 1.165) is 50.7 Å². The summed E-state index contributed by atoms with van der Waals surface area (Å²) in [6.07, 6.45) is 1.95. The lowest BCUT2D eigenvalue weighted by Gasteiger charge is -2.15. The van der Waals surface area contributed by atoms with Crippen LogP contribution in [0.2, 0.25) is 0 Å². The third-order valence-corrected chi connectivity index (χ3v) is 3.97. The Bertz CT molecular complexity index is 556. The second-order valence-corrected chi connectivity index (χ2v) is 5.97. The Hall–Kier alpha value is -2.19. The number of non-ortho nitro benzene ring substituents is 1. The summed E-state index contributed by atoms with van der Waals surface area (Å²) in [6.45, 7) is 4.34. The molecule has 1 saturated heterocycles. The van der Waals surface area contributed by atoms with Crippen molar-refractivity contribution in [2.24, 2.45) is 10.9 Å². The minimum atomic E-state index is -0.402. The van der Waals surface area contributed by atoms with Gasteiger partial charge in [-0.2, -0.15) is 0 Å². The molecule has 2 rings (SSSR count). The van der Waals surface area contributed by atoms with Gasteiger partial charge in [0.2, 0.25) is 0 Å². The smallest absolute Gasteiger partial charge is 0.269 e. The Morgan fingerprint density at radius 2 is 2.20 bits per heavy atom. The molecule has 1 aliphatic heterocycles. The van der Waals surface area contributed by atoms with Crippen LogP contribution in [0.4, 0.5) is 5.69 Å². The number of rotatable bonds is 9. The fourth-order valence-corrected chi connectivity index (χ4v) is 2.48. The molecule has 1 aliphatic rings. The van der Waals surface area contributed by atoms with E-state index in [1.165, 1.54) is 12.1 Å². The monoisotopic (exact) mass is 350 g/mol. The van der Waals surface area contributed by atoms with Gasteiger partial charge in [0.05, 0.1) is 18.1 Å². The number of hydrogen-bond acceptors (Lipinski definition) is 5. The van der Waals surface area contributed by atoms with Crippen molar-refractivity contribution < 1.29 is 14.4 Å². The Labute approximate surface area is 147 Å². The number of methoxy groups -OCH3 is 1. The van der Waals surface area contributed by atoms with Crippen LogP contribution in [-0.2, 0) is 16.0 Å². The summed E-state index contributed by atoms with van der Waals surface area (Å²) in [6, 6.07) is 6.46. The van der Waals surface area contributed by atoms with Crippen LogP contribution in [0.5, 0.6) is 0 Å². The molecule has 0 radical (unpaired) electrons. The minimum absolute atomic E-state index is 0.0880. The zero-order valence-electron chi connectivity index (χ0n) is 14.6. The zero-order chi connectivity index (χ0) is 17.9. The van der Waals surface area contributed by atoms with Crippen LogP contribution in [0.15, 0.2) is 29.3 Å². The van der Waals surface area contributed by atoms with E-state index in [2.05, 4.69) is 15.6 Å². The van der Waals surface area contributed by atoms with E-state index < -0.39 is 4.92 Å². The topological polar surface area (TPSA) is 98.0 Å².